The molecule has 2 heterocycles. The van der Waals surface area contributed by atoms with Gasteiger partial charge in [0, 0.05) is 54.2 Å². The summed E-state index contributed by atoms with van der Waals surface area (Å²) in [5.74, 6) is -0.0303. The number of ether oxygens (including phenoxy) is 1. The van der Waals surface area contributed by atoms with Crippen LogP contribution in [0.25, 0.3) is 22.2 Å². The first-order valence-electron chi connectivity index (χ1n) is 12.2. The molecule has 0 unspecified atom stereocenters. The van der Waals surface area contributed by atoms with Crippen LogP contribution in [0.4, 0.5) is 10.5 Å². The van der Waals surface area contributed by atoms with Gasteiger partial charge in [-0.1, -0.05) is 13.8 Å². The van der Waals surface area contributed by atoms with Crippen LogP contribution in [0.3, 0.4) is 0 Å². The van der Waals surface area contributed by atoms with E-state index in [0.29, 0.717) is 24.2 Å². The van der Waals surface area contributed by atoms with E-state index < -0.39 is 11.7 Å². The molecule has 1 amide bonds. The summed E-state index contributed by atoms with van der Waals surface area (Å²) in [6.07, 6.45) is 2.86. The number of pyridine rings is 1. The maximum absolute atomic E-state index is 13.6. The van der Waals surface area contributed by atoms with Crippen molar-refractivity contribution in [1.29, 1.82) is 0 Å². The van der Waals surface area contributed by atoms with E-state index in [4.69, 9.17) is 9.84 Å². The zero-order chi connectivity index (χ0) is 25.2. The Morgan fingerprint density at radius 1 is 1.11 bits per heavy atom. The normalized spacial score (nSPS) is 12.7. The molecular formula is C26H34N6O3. The third kappa shape index (κ3) is 5.14. The van der Waals surface area contributed by atoms with Crippen molar-refractivity contribution in [2.24, 2.45) is 0 Å². The number of hydrogen-bond acceptors (Lipinski definition) is 7. The van der Waals surface area contributed by atoms with Gasteiger partial charge in [0.2, 0.25) is 0 Å². The number of carbonyl (C=O) groups excluding carboxylic acids is 2. The third-order valence-corrected chi connectivity index (χ3v) is 6.10. The summed E-state index contributed by atoms with van der Waals surface area (Å²) in [6.45, 7) is 14.1. The van der Waals surface area contributed by atoms with E-state index in [1.165, 1.54) is 0 Å². The molecule has 9 nitrogen and oxygen atoms in total. The number of likely N-dealkylation sites (N-methyl/N-ethyl adjacent to an activating group) is 1. The second-order valence-electron chi connectivity index (χ2n) is 9.59. The number of fused-ring (bicyclic) bond motifs is 2. The summed E-state index contributed by atoms with van der Waals surface area (Å²) < 4.78 is 7.15. The monoisotopic (exact) mass is 478 g/mol. The van der Waals surface area contributed by atoms with Crippen LogP contribution in [0, 0.1) is 0 Å². The SMILES string of the molecule is CCN(CC)CCNc1ccc2c3c(nn2CCNC(=O)OC(C)(C)C)-c2cnccc2C(=O)c13. The summed E-state index contributed by atoms with van der Waals surface area (Å²) in [5, 5.41) is 11.9. The number of nitrogens with one attached hydrogen (secondary N) is 2. The number of nitrogens with zero attached hydrogens (tertiary/aromatic N) is 4. The molecule has 2 N–H and O–H groups in total. The summed E-state index contributed by atoms with van der Waals surface area (Å²) in [5.41, 5.74) is 3.81. The van der Waals surface area contributed by atoms with Gasteiger partial charge in [0.1, 0.15) is 11.3 Å². The second-order valence-corrected chi connectivity index (χ2v) is 9.59. The number of alkyl carbamates (subject to hydrolysis) is 1. The Bertz CT molecular complexity index is 1240. The number of anilines is 1. The molecule has 35 heavy (non-hydrogen) atoms. The Balaban J connectivity index is 1.65. The van der Waals surface area contributed by atoms with Gasteiger partial charge in [0.05, 0.1) is 17.6 Å². The van der Waals surface area contributed by atoms with E-state index in [0.717, 1.165) is 54.0 Å². The predicted octanol–water partition coefficient (Wildman–Crippen LogP) is 3.92. The van der Waals surface area contributed by atoms with E-state index in [2.05, 4.69) is 34.4 Å². The van der Waals surface area contributed by atoms with Crippen molar-refractivity contribution >= 4 is 28.5 Å². The quantitative estimate of drug-likeness (QED) is 0.376. The lowest BCUT2D eigenvalue weighted by molar-refractivity contribution is 0.0525. The van der Waals surface area contributed by atoms with Crippen molar-refractivity contribution < 1.29 is 14.3 Å². The van der Waals surface area contributed by atoms with Crippen LogP contribution in [0.2, 0.25) is 0 Å². The number of hydrogen-bond donors (Lipinski definition) is 2. The molecule has 186 valence electrons. The minimum Gasteiger partial charge on any atom is -0.444 e. The molecule has 0 bridgehead atoms. The Hall–Kier alpha value is -3.46. The van der Waals surface area contributed by atoms with Gasteiger partial charge in [0.15, 0.2) is 5.78 Å². The maximum atomic E-state index is 13.6. The van der Waals surface area contributed by atoms with Gasteiger partial charge in [-0.15, -0.1) is 0 Å². The average Bonchev–Trinajstić information content (AvgIpc) is 3.18. The zero-order valence-corrected chi connectivity index (χ0v) is 21.1. The van der Waals surface area contributed by atoms with Crippen LogP contribution in [-0.2, 0) is 11.3 Å². The number of carbonyl (C=O) groups is 2. The minimum atomic E-state index is -0.560. The first-order chi connectivity index (χ1) is 16.7. The highest BCUT2D eigenvalue weighted by atomic mass is 16.6. The van der Waals surface area contributed by atoms with Crippen molar-refractivity contribution in [3.8, 4) is 11.3 Å². The molecule has 4 rings (SSSR count). The molecule has 0 spiro atoms. The van der Waals surface area contributed by atoms with E-state index in [9.17, 15) is 9.59 Å². The number of rotatable bonds is 9. The first-order valence-corrected chi connectivity index (χ1v) is 12.2. The molecule has 0 saturated carbocycles. The predicted molar refractivity (Wildman–Crippen MR) is 137 cm³/mol. The smallest absolute Gasteiger partial charge is 0.407 e. The molecule has 1 aliphatic carbocycles. The fourth-order valence-electron chi connectivity index (χ4n) is 4.40. The van der Waals surface area contributed by atoms with Crippen molar-refractivity contribution in [3.05, 3.63) is 41.7 Å². The molecule has 1 aliphatic rings. The van der Waals surface area contributed by atoms with Crippen molar-refractivity contribution in [1.82, 2.24) is 25.0 Å². The van der Waals surface area contributed by atoms with E-state index in [1.54, 1.807) is 18.5 Å². The highest BCUT2D eigenvalue weighted by Crippen LogP contribution is 2.41. The van der Waals surface area contributed by atoms with Crippen LogP contribution in [-0.4, -0.2) is 69.9 Å². The average molecular weight is 479 g/mol. The Kier molecular flexibility index (Phi) is 7.07. The molecule has 9 heteroatoms. The number of amides is 1. The lowest BCUT2D eigenvalue weighted by Gasteiger charge is -2.21. The van der Waals surface area contributed by atoms with Crippen molar-refractivity contribution in [3.63, 3.8) is 0 Å². The van der Waals surface area contributed by atoms with E-state index >= 15 is 0 Å². The molecule has 0 saturated heterocycles. The molecule has 0 atom stereocenters. The fourth-order valence-corrected chi connectivity index (χ4v) is 4.40. The fraction of sp³-hybridized carbons (Fsp3) is 0.462. The van der Waals surface area contributed by atoms with Crippen LogP contribution in [0.1, 0.15) is 50.5 Å². The molecule has 3 aromatic rings. The highest BCUT2D eigenvalue weighted by molar-refractivity contribution is 6.27. The van der Waals surface area contributed by atoms with Crippen molar-refractivity contribution in [2.45, 2.75) is 46.8 Å². The Morgan fingerprint density at radius 3 is 2.60 bits per heavy atom. The molecule has 0 radical (unpaired) electrons. The molecule has 2 aromatic heterocycles. The Morgan fingerprint density at radius 2 is 1.89 bits per heavy atom. The second kappa shape index (κ2) is 10.0. The Labute approximate surface area is 205 Å². The summed E-state index contributed by atoms with van der Waals surface area (Å²) in [7, 11) is 0. The van der Waals surface area contributed by atoms with Crippen molar-refractivity contribution in [2.75, 3.05) is 38.0 Å². The van der Waals surface area contributed by atoms with Gasteiger partial charge in [-0.05, 0) is 52.1 Å². The lowest BCUT2D eigenvalue weighted by Crippen LogP contribution is -2.34. The zero-order valence-electron chi connectivity index (χ0n) is 21.1. The van der Waals surface area contributed by atoms with Crippen LogP contribution in [0.15, 0.2) is 30.6 Å². The number of aromatic nitrogens is 3. The van der Waals surface area contributed by atoms with Gasteiger partial charge in [-0.25, -0.2) is 4.79 Å². The van der Waals surface area contributed by atoms with Gasteiger partial charge in [0.25, 0.3) is 0 Å². The van der Waals surface area contributed by atoms with E-state index in [-0.39, 0.29) is 5.78 Å². The standard InChI is InChI=1S/C26H34N6O3/c1-6-31(7-2)14-12-28-19-8-9-20-22-21(19)24(33)17-10-11-27-16-18(17)23(22)30-32(20)15-13-29-25(34)35-26(3,4)5/h8-11,16,28H,6-7,12-15H2,1-5H3,(H,29,34). The topological polar surface area (TPSA) is 101 Å². The highest BCUT2D eigenvalue weighted by Gasteiger charge is 2.31. The summed E-state index contributed by atoms with van der Waals surface area (Å²) >= 11 is 0. The number of benzene rings is 1. The summed E-state index contributed by atoms with van der Waals surface area (Å²) in [4.78, 5) is 32.2. The first kappa shape index (κ1) is 24.7. The minimum absolute atomic E-state index is 0.0303. The maximum Gasteiger partial charge on any atom is 0.407 e. The molecular weight excluding hydrogens is 444 g/mol. The van der Waals surface area contributed by atoms with Gasteiger partial charge in [-0.3, -0.25) is 14.5 Å². The summed E-state index contributed by atoms with van der Waals surface area (Å²) in [6, 6.07) is 5.69. The van der Waals surface area contributed by atoms with Gasteiger partial charge < -0.3 is 20.3 Å². The lowest BCUT2D eigenvalue weighted by atomic mass is 9.87. The third-order valence-electron chi connectivity index (χ3n) is 6.10. The number of ketones is 1. The van der Waals surface area contributed by atoms with Crippen LogP contribution >= 0.6 is 0 Å². The van der Waals surface area contributed by atoms with Crippen LogP contribution in [0.5, 0.6) is 0 Å². The molecule has 1 aromatic carbocycles. The van der Waals surface area contributed by atoms with E-state index in [1.807, 2.05) is 37.6 Å². The molecule has 0 aliphatic heterocycles. The molecule has 0 fully saturated rings. The van der Waals surface area contributed by atoms with Crippen LogP contribution < -0.4 is 10.6 Å². The van der Waals surface area contributed by atoms with Gasteiger partial charge in [-0.2, -0.15) is 5.10 Å². The van der Waals surface area contributed by atoms with Gasteiger partial charge >= 0.3 is 6.09 Å². The largest absolute Gasteiger partial charge is 0.444 e.